The van der Waals surface area contributed by atoms with E-state index in [2.05, 4.69) is 10.3 Å². The molecule has 2 N–H and O–H groups in total. The summed E-state index contributed by atoms with van der Waals surface area (Å²) in [5.41, 5.74) is 1.83. The molecular formula is C19H18F2N2O. The van der Waals surface area contributed by atoms with Crippen LogP contribution in [0, 0.1) is 11.6 Å². The SMILES string of the molecule is CCCC(C(=O)Nc1c[nH]c2cc(F)c(F)cc12)c1ccccc1. The first kappa shape index (κ1) is 16.2. The Balaban J connectivity index is 1.89. The Morgan fingerprint density at radius 2 is 1.88 bits per heavy atom. The largest absolute Gasteiger partial charge is 0.359 e. The van der Waals surface area contributed by atoms with Crippen molar-refractivity contribution >= 4 is 22.5 Å². The van der Waals surface area contributed by atoms with Crippen LogP contribution in [-0.2, 0) is 4.79 Å². The lowest BCUT2D eigenvalue weighted by Crippen LogP contribution is -2.21. The van der Waals surface area contributed by atoms with E-state index in [1.54, 1.807) is 6.20 Å². The molecule has 0 saturated heterocycles. The second kappa shape index (κ2) is 6.83. The molecule has 3 aromatic rings. The van der Waals surface area contributed by atoms with Gasteiger partial charge in [0.1, 0.15) is 0 Å². The summed E-state index contributed by atoms with van der Waals surface area (Å²) < 4.78 is 26.8. The maximum absolute atomic E-state index is 13.5. The number of nitrogens with one attached hydrogen (secondary N) is 2. The highest BCUT2D eigenvalue weighted by atomic mass is 19.2. The highest BCUT2D eigenvalue weighted by Gasteiger charge is 2.21. The predicted octanol–water partition coefficient (Wildman–Crippen LogP) is 4.97. The van der Waals surface area contributed by atoms with Crippen molar-refractivity contribution in [2.75, 3.05) is 5.32 Å². The molecule has 1 aromatic heterocycles. The van der Waals surface area contributed by atoms with Gasteiger partial charge >= 0.3 is 0 Å². The fraction of sp³-hybridized carbons (Fsp3) is 0.211. The first-order valence-electron chi connectivity index (χ1n) is 7.92. The Labute approximate surface area is 138 Å². The Kier molecular flexibility index (Phi) is 4.60. The molecule has 0 radical (unpaired) electrons. The summed E-state index contributed by atoms with van der Waals surface area (Å²) in [6.45, 7) is 2.02. The molecular weight excluding hydrogens is 310 g/mol. The van der Waals surface area contributed by atoms with Crippen LogP contribution in [0.25, 0.3) is 10.9 Å². The first-order valence-corrected chi connectivity index (χ1v) is 7.92. The minimum atomic E-state index is -0.939. The maximum Gasteiger partial charge on any atom is 0.231 e. The third-order valence-corrected chi connectivity index (χ3v) is 4.08. The number of rotatable bonds is 5. The molecule has 0 saturated carbocycles. The standard InChI is InChI=1S/C19H18F2N2O/c1-2-6-13(12-7-4-3-5-8-12)19(24)23-18-11-22-17-10-16(21)15(20)9-14(17)18/h3-5,7-11,13,22H,2,6H2,1H3,(H,23,24). The van der Waals surface area contributed by atoms with Crippen LogP contribution in [0.1, 0.15) is 31.2 Å². The van der Waals surface area contributed by atoms with Crippen LogP contribution in [-0.4, -0.2) is 10.9 Å². The lowest BCUT2D eigenvalue weighted by atomic mass is 9.93. The molecule has 3 rings (SSSR count). The van der Waals surface area contributed by atoms with Crippen LogP contribution in [0.4, 0.5) is 14.5 Å². The van der Waals surface area contributed by atoms with Gasteiger partial charge in [-0.15, -0.1) is 0 Å². The number of benzene rings is 2. The highest BCUT2D eigenvalue weighted by Crippen LogP contribution is 2.28. The van der Waals surface area contributed by atoms with Gasteiger partial charge in [0.05, 0.1) is 17.1 Å². The minimum Gasteiger partial charge on any atom is -0.359 e. The zero-order chi connectivity index (χ0) is 17.1. The second-order valence-electron chi connectivity index (χ2n) is 5.76. The maximum atomic E-state index is 13.5. The van der Waals surface area contributed by atoms with Crippen molar-refractivity contribution in [3.63, 3.8) is 0 Å². The number of fused-ring (bicyclic) bond motifs is 1. The lowest BCUT2D eigenvalue weighted by Gasteiger charge is -2.16. The van der Waals surface area contributed by atoms with Crippen molar-refractivity contribution in [1.82, 2.24) is 4.98 Å². The number of anilines is 1. The van der Waals surface area contributed by atoms with Crippen LogP contribution in [0.2, 0.25) is 0 Å². The molecule has 3 nitrogen and oxygen atoms in total. The number of carbonyl (C=O) groups is 1. The molecule has 0 aliphatic rings. The fourth-order valence-corrected chi connectivity index (χ4v) is 2.86. The summed E-state index contributed by atoms with van der Waals surface area (Å²) >= 11 is 0. The molecule has 0 aliphatic carbocycles. The van der Waals surface area contributed by atoms with Crippen molar-refractivity contribution in [2.45, 2.75) is 25.7 Å². The number of hydrogen-bond acceptors (Lipinski definition) is 1. The normalized spacial score (nSPS) is 12.3. The molecule has 0 fully saturated rings. The molecule has 24 heavy (non-hydrogen) atoms. The van der Waals surface area contributed by atoms with Crippen molar-refractivity contribution in [3.05, 3.63) is 65.9 Å². The quantitative estimate of drug-likeness (QED) is 0.682. The number of hydrogen-bond donors (Lipinski definition) is 2. The van der Waals surface area contributed by atoms with Crippen LogP contribution >= 0.6 is 0 Å². The van der Waals surface area contributed by atoms with Gasteiger partial charge in [-0.2, -0.15) is 0 Å². The van der Waals surface area contributed by atoms with E-state index >= 15 is 0 Å². The second-order valence-corrected chi connectivity index (χ2v) is 5.76. The van der Waals surface area contributed by atoms with Crippen molar-refractivity contribution in [3.8, 4) is 0 Å². The van der Waals surface area contributed by atoms with Crippen molar-refractivity contribution in [2.24, 2.45) is 0 Å². The van der Waals surface area contributed by atoms with Crippen molar-refractivity contribution < 1.29 is 13.6 Å². The van der Waals surface area contributed by atoms with Gasteiger partial charge in [0.25, 0.3) is 0 Å². The summed E-state index contributed by atoms with van der Waals surface area (Å²) in [4.78, 5) is 15.6. The number of aromatic nitrogens is 1. The third-order valence-electron chi connectivity index (χ3n) is 4.08. The summed E-state index contributed by atoms with van der Waals surface area (Å²) in [5, 5.41) is 3.29. The van der Waals surface area contributed by atoms with Crippen LogP contribution in [0.3, 0.4) is 0 Å². The van der Waals surface area contributed by atoms with Crippen molar-refractivity contribution in [1.29, 1.82) is 0 Å². The summed E-state index contributed by atoms with van der Waals surface area (Å²) in [6, 6.07) is 11.7. The number of H-pyrrole nitrogens is 1. The molecule has 1 heterocycles. The van der Waals surface area contributed by atoms with E-state index in [4.69, 9.17) is 0 Å². The number of amides is 1. The number of halogens is 2. The van der Waals surface area contributed by atoms with Gasteiger partial charge in [-0.25, -0.2) is 8.78 Å². The molecule has 1 amide bonds. The van der Waals surface area contributed by atoms with E-state index in [9.17, 15) is 13.6 Å². The zero-order valence-electron chi connectivity index (χ0n) is 13.3. The molecule has 0 bridgehead atoms. The van der Waals surface area contributed by atoms with E-state index in [1.807, 2.05) is 37.3 Å². The van der Waals surface area contributed by atoms with Gasteiger partial charge in [0, 0.05) is 17.6 Å². The average molecular weight is 328 g/mol. The molecule has 1 unspecified atom stereocenters. The van der Waals surface area contributed by atoms with Gasteiger partial charge in [-0.05, 0) is 18.1 Å². The van der Waals surface area contributed by atoms with Gasteiger partial charge in [-0.1, -0.05) is 43.7 Å². The molecule has 124 valence electrons. The van der Waals surface area contributed by atoms with Gasteiger partial charge in [-0.3, -0.25) is 4.79 Å². The summed E-state index contributed by atoms with van der Waals surface area (Å²) in [7, 11) is 0. The number of aromatic amines is 1. The van der Waals surface area contributed by atoms with E-state index in [0.717, 1.165) is 24.1 Å². The fourth-order valence-electron chi connectivity index (χ4n) is 2.86. The van der Waals surface area contributed by atoms with E-state index in [1.165, 1.54) is 0 Å². The van der Waals surface area contributed by atoms with E-state index in [-0.39, 0.29) is 11.8 Å². The summed E-state index contributed by atoms with van der Waals surface area (Å²) in [6.07, 6.45) is 3.12. The van der Waals surface area contributed by atoms with Gasteiger partial charge < -0.3 is 10.3 Å². The third kappa shape index (κ3) is 3.15. The Bertz CT molecular complexity index is 858. The highest BCUT2D eigenvalue weighted by molar-refractivity contribution is 6.03. The Morgan fingerprint density at radius 3 is 2.58 bits per heavy atom. The van der Waals surface area contributed by atoms with Crippen LogP contribution in [0.5, 0.6) is 0 Å². The van der Waals surface area contributed by atoms with E-state index < -0.39 is 11.6 Å². The molecule has 0 aliphatic heterocycles. The Morgan fingerprint density at radius 1 is 1.17 bits per heavy atom. The lowest BCUT2D eigenvalue weighted by molar-refractivity contribution is -0.117. The summed E-state index contributed by atoms with van der Waals surface area (Å²) in [5.74, 6) is -2.30. The van der Waals surface area contributed by atoms with Crippen LogP contribution < -0.4 is 5.32 Å². The van der Waals surface area contributed by atoms with Gasteiger partial charge in [0.2, 0.25) is 5.91 Å². The molecule has 2 aromatic carbocycles. The zero-order valence-corrected chi connectivity index (χ0v) is 13.3. The van der Waals surface area contributed by atoms with E-state index in [0.29, 0.717) is 23.0 Å². The molecule has 0 spiro atoms. The smallest absolute Gasteiger partial charge is 0.231 e. The topological polar surface area (TPSA) is 44.9 Å². The first-order chi connectivity index (χ1) is 11.6. The average Bonchev–Trinajstić information content (AvgIpc) is 2.95. The van der Waals surface area contributed by atoms with Crippen LogP contribution in [0.15, 0.2) is 48.7 Å². The molecule has 1 atom stereocenters. The predicted molar refractivity (Wildman–Crippen MR) is 90.9 cm³/mol. The monoisotopic (exact) mass is 328 g/mol. The number of carbonyl (C=O) groups excluding carboxylic acids is 1. The van der Waals surface area contributed by atoms with Gasteiger partial charge in [0.15, 0.2) is 11.6 Å². The Hall–Kier alpha value is -2.69. The molecule has 5 heteroatoms. The minimum absolute atomic E-state index is 0.159.